The Morgan fingerprint density at radius 3 is 2.73 bits per heavy atom. The van der Waals surface area contributed by atoms with Crippen molar-refractivity contribution in [3.05, 3.63) is 35.4 Å². The summed E-state index contributed by atoms with van der Waals surface area (Å²) in [6.07, 6.45) is 1.57. The lowest BCUT2D eigenvalue weighted by atomic mass is 10.00. The van der Waals surface area contributed by atoms with E-state index in [1.165, 1.54) is 16.0 Å². The van der Waals surface area contributed by atoms with E-state index in [2.05, 4.69) is 18.2 Å². The number of benzene rings is 1. The number of sulfone groups is 1. The van der Waals surface area contributed by atoms with Gasteiger partial charge in [0.2, 0.25) is 0 Å². The molecule has 2 aliphatic heterocycles. The fourth-order valence-electron chi connectivity index (χ4n) is 3.42. The number of carbonyl (C=O) groups is 1. The summed E-state index contributed by atoms with van der Waals surface area (Å²) in [6, 6.07) is 8.24. The lowest BCUT2D eigenvalue weighted by molar-refractivity contribution is -0.908. The van der Waals surface area contributed by atoms with Crippen LogP contribution in [0.3, 0.4) is 0 Å². The lowest BCUT2D eigenvalue weighted by Gasteiger charge is -2.29. The number of hydrogen-bond donors (Lipinski definition) is 1. The van der Waals surface area contributed by atoms with Gasteiger partial charge in [0.25, 0.3) is 5.91 Å². The molecule has 0 aromatic heterocycles. The van der Waals surface area contributed by atoms with Crippen LogP contribution in [0.2, 0.25) is 0 Å². The maximum atomic E-state index is 12.4. The van der Waals surface area contributed by atoms with Crippen LogP contribution < -0.4 is 4.90 Å². The summed E-state index contributed by atoms with van der Waals surface area (Å²) in [7, 11) is -1.21. The van der Waals surface area contributed by atoms with Crippen molar-refractivity contribution in [2.75, 3.05) is 31.6 Å². The highest BCUT2D eigenvalue weighted by Crippen LogP contribution is 2.16. The normalized spacial score (nSPS) is 26.4. The number of quaternary nitrogens is 1. The average Bonchev–Trinajstić information content (AvgIpc) is 2.86. The standard InChI is InChI=1S/C16H22N2O3S/c1-17(15-7-9-22(20,21)12-15)16(19)11-18-8-6-13-4-2-3-5-14(13)10-18/h2-5,15H,6-12H2,1H3/p+1/t15-/m0/s1. The molecule has 1 amide bonds. The quantitative estimate of drug-likeness (QED) is 0.798. The van der Waals surface area contributed by atoms with Crippen LogP contribution in [0, 0.1) is 0 Å². The topological polar surface area (TPSA) is 58.9 Å². The molecule has 0 aliphatic carbocycles. The number of hydrogen-bond acceptors (Lipinski definition) is 3. The summed E-state index contributed by atoms with van der Waals surface area (Å²) in [5, 5.41) is 0. The molecule has 2 aliphatic rings. The van der Waals surface area contributed by atoms with Gasteiger partial charge in [0.15, 0.2) is 16.4 Å². The van der Waals surface area contributed by atoms with Gasteiger partial charge in [0, 0.05) is 25.1 Å². The second-order valence-electron chi connectivity index (χ2n) is 6.43. The molecule has 1 aromatic rings. The highest BCUT2D eigenvalue weighted by atomic mass is 32.2. The van der Waals surface area contributed by atoms with Gasteiger partial charge in [-0.1, -0.05) is 24.3 Å². The zero-order valence-electron chi connectivity index (χ0n) is 12.9. The molecule has 1 unspecified atom stereocenters. The molecule has 120 valence electrons. The van der Waals surface area contributed by atoms with Gasteiger partial charge in [-0.2, -0.15) is 0 Å². The molecular weight excluding hydrogens is 300 g/mol. The number of amides is 1. The van der Waals surface area contributed by atoms with Crippen LogP contribution in [0.4, 0.5) is 0 Å². The first-order valence-electron chi connectivity index (χ1n) is 7.81. The molecule has 5 nitrogen and oxygen atoms in total. The average molecular weight is 323 g/mol. The van der Waals surface area contributed by atoms with E-state index in [1.807, 2.05) is 6.07 Å². The molecule has 1 fully saturated rings. The molecule has 0 saturated carbocycles. The van der Waals surface area contributed by atoms with Crippen molar-refractivity contribution in [1.29, 1.82) is 0 Å². The second kappa shape index (κ2) is 6.01. The molecule has 1 N–H and O–H groups in total. The fraction of sp³-hybridized carbons (Fsp3) is 0.562. The van der Waals surface area contributed by atoms with E-state index in [0.717, 1.165) is 19.5 Å². The largest absolute Gasteiger partial charge is 0.337 e. The highest BCUT2D eigenvalue weighted by molar-refractivity contribution is 7.91. The molecule has 6 heteroatoms. The van der Waals surface area contributed by atoms with Gasteiger partial charge in [0.1, 0.15) is 6.54 Å². The van der Waals surface area contributed by atoms with Crippen molar-refractivity contribution >= 4 is 15.7 Å². The van der Waals surface area contributed by atoms with E-state index < -0.39 is 9.84 Å². The van der Waals surface area contributed by atoms with Crippen molar-refractivity contribution < 1.29 is 18.1 Å². The van der Waals surface area contributed by atoms with Crippen LogP contribution in [-0.4, -0.2) is 56.9 Å². The highest BCUT2D eigenvalue weighted by Gasteiger charge is 2.34. The Morgan fingerprint density at radius 1 is 1.32 bits per heavy atom. The molecule has 2 atom stereocenters. The summed E-state index contributed by atoms with van der Waals surface area (Å²) in [5.74, 6) is 0.378. The van der Waals surface area contributed by atoms with Crippen LogP contribution >= 0.6 is 0 Å². The van der Waals surface area contributed by atoms with Gasteiger partial charge < -0.3 is 9.80 Å². The number of carbonyl (C=O) groups excluding carboxylic acids is 1. The van der Waals surface area contributed by atoms with Gasteiger partial charge >= 0.3 is 0 Å². The Hall–Kier alpha value is -1.40. The minimum atomic E-state index is -2.95. The van der Waals surface area contributed by atoms with Crippen molar-refractivity contribution in [2.45, 2.75) is 25.4 Å². The van der Waals surface area contributed by atoms with Gasteiger partial charge in [-0.15, -0.1) is 0 Å². The maximum Gasteiger partial charge on any atom is 0.277 e. The van der Waals surface area contributed by atoms with E-state index in [9.17, 15) is 13.2 Å². The third-order valence-corrected chi connectivity index (χ3v) is 6.61. The van der Waals surface area contributed by atoms with Crippen LogP contribution in [0.15, 0.2) is 24.3 Å². The third-order valence-electron chi connectivity index (χ3n) is 4.86. The van der Waals surface area contributed by atoms with Crippen molar-refractivity contribution in [3.8, 4) is 0 Å². The number of nitrogens with zero attached hydrogens (tertiary/aromatic N) is 1. The molecule has 1 saturated heterocycles. The molecule has 0 bridgehead atoms. The maximum absolute atomic E-state index is 12.4. The van der Waals surface area contributed by atoms with Gasteiger partial charge in [-0.05, 0) is 12.0 Å². The summed E-state index contributed by atoms with van der Waals surface area (Å²) < 4.78 is 23.1. The SMILES string of the molecule is CN(C(=O)C[NH+]1CCc2ccccc2C1)[C@H]1CCS(=O)(=O)C1. The van der Waals surface area contributed by atoms with E-state index in [0.29, 0.717) is 13.0 Å². The summed E-state index contributed by atoms with van der Waals surface area (Å²) >= 11 is 0. The second-order valence-corrected chi connectivity index (χ2v) is 8.66. The lowest BCUT2D eigenvalue weighted by Crippen LogP contribution is -3.12. The van der Waals surface area contributed by atoms with Crippen molar-refractivity contribution in [2.24, 2.45) is 0 Å². The van der Waals surface area contributed by atoms with Gasteiger partial charge in [-0.3, -0.25) is 4.79 Å². The predicted molar refractivity (Wildman–Crippen MR) is 84.4 cm³/mol. The Balaban J connectivity index is 1.59. The molecule has 1 aromatic carbocycles. The summed E-state index contributed by atoms with van der Waals surface area (Å²) in [5.41, 5.74) is 2.71. The van der Waals surface area contributed by atoms with Gasteiger partial charge in [-0.25, -0.2) is 8.42 Å². The van der Waals surface area contributed by atoms with E-state index in [4.69, 9.17) is 0 Å². The smallest absolute Gasteiger partial charge is 0.277 e. The number of rotatable bonds is 3. The Bertz CT molecular complexity index is 672. The molecular formula is C16H23N2O3S+. The molecule has 22 heavy (non-hydrogen) atoms. The minimum Gasteiger partial charge on any atom is -0.337 e. The van der Waals surface area contributed by atoms with Crippen molar-refractivity contribution in [3.63, 3.8) is 0 Å². The van der Waals surface area contributed by atoms with Crippen molar-refractivity contribution in [1.82, 2.24) is 4.90 Å². The molecule has 3 rings (SSSR count). The summed E-state index contributed by atoms with van der Waals surface area (Å²) in [4.78, 5) is 15.3. The van der Waals surface area contributed by atoms with Gasteiger partial charge in [0.05, 0.1) is 18.1 Å². The Morgan fingerprint density at radius 2 is 2.05 bits per heavy atom. The monoisotopic (exact) mass is 323 g/mol. The van der Waals surface area contributed by atoms with E-state index in [-0.39, 0.29) is 23.5 Å². The van der Waals surface area contributed by atoms with Crippen LogP contribution in [0.25, 0.3) is 0 Å². The van der Waals surface area contributed by atoms with Crippen LogP contribution in [0.5, 0.6) is 0 Å². The first-order valence-corrected chi connectivity index (χ1v) is 9.63. The van der Waals surface area contributed by atoms with Crippen LogP contribution in [0.1, 0.15) is 17.5 Å². The molecule has 0 radical (unpaired) electrons. The van der Waals surface area contributed by atoms with E-state index >= 15 is 0 Å². The fourth-order valence-corrected chi connectivity index (χ4v) is 5.19. The first kappa shape index (κ1) is 15.5. The Labute approximate surface area is 131 Å². The van der Waals surface area contributed by atoms with E-state index in [1.54, 1.807) is 11.9 Å². The predicted octanol–water partition coefficient (Wildman–Crippen LogP) is -0.727. The number of nitrogens with one attached hydrogen (secondary N) is 1. The molecule has 0 spiro atoms. The Kier molecular flexibility index (Phi) is 4.23. The van der Waals surface area contributed by atoms with Crippen LogP contribution in [-0.2, 0) is 27.6 Å². The first-order chi connectivity index (χ1) is 10.4. The number of likely N-dealkylation sites (N-methyl/N-ethyl adjacent to an activating group) is 1. The zero-order chi connectivity index (χ0) is 15.7. The zero-order valence-corrected chi connectivity index (χ0v) is 13.7. The molecule has 2 heterocycles. The number of fused-ring (bicyclic) bond motifs is 1. The minimum absolute atomic E-state index is 0.0523. The summed E-state index contributed by atoms with van der Waals surface area (Å²) in [6.45, 7) is 2.28. The third kappa shape index (κ3) is 3.33.